The molecule has 0 radical (unpaired) electrons. The fourth-order valence-corrected chi connectivity index (χ4v) is 4.74. The maximum absolute atomic E-state index is 12.6. The Morgan fingerprint density at radius 1 is 1.12 bits per heavy atom. The molecule has 3 rings (SSSR count). The number of nitrogens with one attached hydrogen (secondary N) is 1. The van der Waals surface area contributed by atoms with Crippen LogP contribution < -0.4 is 9.62 Å². The molecular formula is C19H23ClN2O3S. The highest BCUT2D eigenvalue weighted by Crippen LogP contribution is 2.27. The Labute approximate surface area is 160 Å². The van der Waals surface area contributed by atoms with Crippen molar-refractivity contribution in [2.75, 3.05) is 29.8 Å². The number of halogens is 1. The number of rotatable bonds is 5. The van der Waals surface area contributed by atoms with Crippen LogP contribution in [0.1, 0.15) is 18.4 Å². The Hall–Kier alpha value is -1.76. The largest absolute Gasteiger partial charge is 0.381 e. The lowest BCUT2D eigenvalue weighted by Crippen LogP contribution is -2.36. The minimum atomic E-state index is -3.68. The van der Waals surface area contributed by atoms with Gasteiger partial charge in [0.25, 0.3) is 10.0 Å². The van der Waals surface area contributed by atoms with Crippen molar-refractivity contribution in [3.8, 4) is 0 Å². The van der Waals surface area contributed by atoms with E-state index in [0.29, 0.717) is 22.4 Å². The minimum Gasteiger partial charge on any atom is -0.381 e. The number of benzene rings is 2. The van der Waals surface area contributed by atoms with Gasteiger partial charge in [-0.15, -0.1) is 0 Å². The van der Waals surface area contributed by atoms with Gasteiger partial charge in [-0.3, -0.25) is 4.72 Å². The molecule has 1 fully saturated rings. The highest BCUT2D eigenvalue weighted by atomic mass is 35.5. The molecule has 0 bridgehead atoms. The molecule has 1 N–H and O–H groups in total. The molecule has 0 aromatic heterocycles. The van der Waals surface area contributed by atoms with Crippen molar-refractivity contribution in [1.82, 2.24) is 0 Å². The number of anilines is 2. The van der Waals surface area contributed by atoms with Crippen LogP contribution in [0.25, 0.3) is 0 Å². The Kier molecular flexibility index (Phi) is 5.75. The van der Waals surface area contributed by atoms with Crippen LogP contribution in [-0.2, 0) is 14.8 Å². The van der Waals surface area contributed by atoms with Gasteiger partial charge in [-0.05, 0) is 61.7 Å². The van der Waals surface area contributed by atoms with Crippen molar-refractivity contribution < 1.29 is 13.2 Å². The summed E-state index contributed by atoms with van der Waals surface area (Å²) in [4.78, 5) is 2.48. The number of ether oxygens (including phenoxy) is 1. The zero-order valence-electron chi connectivity index (χ0n) is 14.9. The molecule has 0 atom stereocenters. The summed E-state index contributed by atoms with van der Waals surface area (Å²) in [6, 6.07) is 12.3. The predicted molar refractivity (Wildman–Crippen MR) is 106 cm³/mol. The number of piperidine rings is 1. The highest BCUT2D eigenvalue weighted by Gasteiger charge is 2.20. The van der Waals surface area contributed by atoms with Crippen molar-refractivity contribution in [3.05, 3.63) is 53.1 Å². The smallest absolute Gasteiger partial charge is 0.262 e. The monoisotopic (exact) mass is 394 g/mol. The maximum atomic E-state index is 12.6. The first-order valence-corrected chi connectivity index (χ1v) is 10.4. The zero-order chi connectivity index (χ0) is 18.7. The van der Waals surface area contributed by atoms with Crippen LogP contribution in [0.15, 0.2) is 47.4 Å². The van der Waals surface area contributed by atoms with E-state index >= 15 is 0 Å². The van der Waals surface area contributed by atoms with Crippen molar-refractivity contribution in [1.29, 1.82) is 0 Å². The first-order chi connectivity index (χ1) is 12.4. The number of hydrogen-bond acceptors (Lipinski definition) is 4. The summed E-state index contributed by atoms with van der Waals surface area (Å²) < 4.78 is 33.3. The summed E-state index contributed by atoms with van der Waals surface area (Å²) in [5.74, 6) is 0. The molecule has 2 aromatic rings. The van der Waals surface area contributed by atoms with E-state index in [1.165, 1.54) is 0 Å². The standard InChI is InChI=1S/C19H23ClN2O3S/c1-14-18(20)4-3-5-19(14)26(23,24)21-15-6-8-16(9-7-15)22-12-10-17(25-2)11-13-22/h3-9,17,21H,10-13H2,1-2H3. The molecule has 140 valence electrons. The van der Waals surface area contributed by atoms with Crippen molar-refractivity contribution in [3.63, 3.8) is 0 Å². The van der Waals surface area contributed by atoms with Crippen molar-refractivity contribution in [2.45, 2.75) is 30.8 Å². The van der Waals surface area contributed by atoms with Crippen LogP contribution in [0.4, 0.5) is 11.4 Å². The second-order valence-electron chi connectivity index (χ2n) is 6.44. The van der Waals surface area contributed by atoms with Gasteiger partial charge >= 0.3 is 0 Å². The zero-order valence-corrected chi connectivity index (χ0v) is 16.5. The van der Waals surface area contributed by atoms with Crippen molar-refractivity contribution in [2.24, 2.45) is 0 Å². The van der Waals surface area contributed by atoms with E-state index in [9.17, 15) is 8.42 Å². The lowest BCUT2D eigenvalue weighted by molar-refractivity contribution is 0.0819. The van der Waals surface area contributed by atoms with E-state index < -0.39 is 10.0 Å². The SMILES string of the molecule is COC1CCN(c2ccc(NS(=O)(=O)c3cccc(Cl)c3C)cc2)CC1. The molecule has 26 heavy (non-hydrogen) atoms. The second-order valence-corrected chi connectivity index (χ2v) is 8.50. The highest BCUT2D eigenvalue weighted by molar-refractivity contribution is 7.92. The molecule has 0 saturated carbocycles. The van der Waals surface area contributed by atoms with Gasteiger partial charge < -0.3 is 9.64 Å². The molecule has 1 heterocycles. The number of hydrogen-bond donors (Lipinski definition) is 1. The van der Waals surface area contributed by atoms with Gasteiger partial charge in [0.2, 0.25) is 0 Å². The molecule has 2 aromatic carbocycles. The van der Waals surface area contributed by atoms with E-state index in [2.05, 4.69) is 9.62 Å². The lowest BCUT2D eigenvalue weighted by atomic mass is 10.1. The fraction of sp³-hybridized carbons (Fsp3) is 0.368. The van der Waals surface area contributed by atoms with Gasteiger partial charge in [0.1, 0.15) is 0 Å². The molecule has 0 aliphatic carbocycles. The van der Waals surface area contributed by atoms with Gasteiger partial charge in [-0.25, -0.2) is 8.42 Å². The van der Waals surface area contributed by atoms with E-state index in [0.717, 1.165) is 31.6 Å². The number of nitrogens with zero attached hydrogens (tertiary/aromatic N) is 1. The van der Waals surface area contributed by atoms with Gasteiger partial charge in [-0.2, -0.15) is 0 Å². The molecule has 1 aliphatic rings. The number of methoxy groups -OCH3 is 1. The molecule has 5 nitrogen and oxygen atoms in total. The molecule has 0 unspecified atom stereocenters. The third-order valence-corrected chi connectivity index (χ3v) is 6.70. The molecule has 0 amide bonds. The Morgan fingerprint density at radius 3 is 2.38 bits per heavy atom. The van der Waals surface area contributed by atoms with E-state index in [1.807, 2.05) is 12.1 Å². The van der Waals surface area contributed by atoms with Crippen molar-refractivity contribution >= 4 is 33.0 Å². The van der Waals surface area contributed by atoms with E-state index in [4.69, 9.17) is 16.3 Å². The average molecular weight is 395 g/mol. The lowest BCUT2D eigenvalue weighted by Gasteiger charge is -2.33. The molecule has 1 aliphatic heterocycles. The van der Waals surface area contributed by atoms with Gasteiger partial charge in [-0.1, -0.05) is 17.7 Å². The van der Waals surface area contributed by atoms with Crippen LogP contribution in [-0.4, -0.2) is 34.7 Å². The fourth-order valence-electron chi connectivity index (χ4n) is 3.18. The summed E-state index contributed by atoms with van der Waals surface area (Å²) in [6.07, 6.45) is 2.33. The second kappa shape index (κ2) is 7.86. The summed E-state index contributed by atoms with van der Waals surface area (Å²) in [5.41, 5.74) is 2.15. The summed E-state index contributed by atoms with van der Waals surface area (Å²) in [7, 11) is -1.93. The predicted octanol–water partition coefficient (Wildman–Crippen LogP) is 4.06. The van der Waals surface area contributed by atoms with Crippen LogP contribution >= 0.6 is 11.6 Å². The summed E-state index contributed by atoms with van der Waals surface area (Å²) >= 11 is 6.04. The first-order valence-electron chi connectivity index (χ1n) is 8.56. The topological polar surface area (TPSA) is 58.6 Å². The third-order valence-electron chi connectivity index (χ3n) is 4.77. The quantitative estimate of drug-likeness (QED) is 0.830. The maximum Gasteiger partial charge on any atom is 0.262 e. The molecule has 1 saturated heterocycles. The summed E-state index contributed by atoms with van der Waals surface area (Å²) in [5, 5.41) is 0.433. The van der Waals surface area contributed by atoms with Crippen LogP contribution in [0.5, 0.6) is 0 Å². The molecule has 0 spiro atoms. The van der Waals surface area contributed by atoms with Gasteiger partial charge in [0.15, 0.2) is 0 Å². The summed E-state index contributed by atoms with van der Waals surface area (Å²) in [6.45, 7) is 3.57. The van der Waals surface area contributed by atoms with Crippen LogP contribution in [0, 0.1) is 6.92 Å². The van der Waals surface area contributed by atoms with Gasteiger partial charge in [0, 0.05) is 36.6 Å². The third kappa shape index (κ3) is 4.14. The Morgan fingerprint density at radius 2 is 1.77 bits per heavy atom. The van der Waals surface area contributed by atoms with E-state index in [1.54, 1.807) is 44.4 Å². The molecule has 7 heteroatoms. The molecular weight excluding hydrogens is 372 g/mol. The van der Waals surface area contributed by atoms with Crippen LogP contribution in [0.3, 0.4) is 0 Å². The first kappa shape index (κ1) is 19.0. The minimum absolute atomic E-state index is 0.190. The number of sulfonamides is 1. The van der Waals surface area contributed by atoms with Crippen LogP contribution in [0.2, 0.25) is 5.02 Å². The van der Waals surface area contributed by atoms with Gasteiger partial charge in [0.05, 0.1) is 11.0 Å². The Bertz CT molecular complexity index is 861. The normalized spacial score (nSPS) is 15.9. The average Bonchev–Trinajstić information content (AvgIpc) is 2.64. The Balaban J connectivity index is 1.72. The van der Waals surface area contributed by atoms with E-state index in [-0.39, 0.29) is 4.90 Å².